The third kappa shape index (κ3) is 6.13. The quantitative estimate of drug-likeness (QED) is 0.249. The Balaban J connectivity index is 1.68. The van der Waals surface area contributed by atoms with Gasteiger partial charge in [-0.2, -0.15) is 26.3 Å². The van der Waals surface area contributed by atoms with Gasteiger partial charge in [0.15, 0.2) is 5.82 Å². The summed E-state index contributed by atoms with van der Waals surface area (Å²) in [5.41, 5.74) is -8.34. The summed E-state index contributed by atoms with van der Waals surface area (Å²) in [6.45, 7) is 0.192. The number of anilines is 2. The Labute approximate surface area is 245 Å². The van der Waals surface area contributed by atoms with Crippen LogP contribution in [0.3, 0.4) is 0 Å². The van der Waals surface area contributed by atoms with Crippen molar-refractivity contribution in [3.63, 3.8) is 0 Å². The predicted molar refractivity (Wildman–Crippen MR) is 142 cm³/mol. The van der Waals surface area contributed by atoms with E-state index in [2.05, 4.69) is 37.2 Å². The van der Waals surface area contributed by atoms with Crippen molar-refractivity contribution >= 4 is 55.0 Å². The van der Waals surface area contributed by atoms with Crippen molar-refractivity contribution in [2.24, 2.45) is 5.92 Å². The number of rotatable bonds is 7. The predicted octanol–water partition coefficient (Wildman–Crippen LogP) is 8.95. The molecular weight excluding hydrogens is 696 g/mol. The van der Waals surface area contributed by atoms with E-state index in [1.54, 1.807) is 30.3 Å². The molecule has 0 bridgehead atoms. The highest BCUT2D eigenvalue weighted by Gasteiger charge is 2.73. The standard InChI is InChI=1S/C27H18Br2F8N2O2/c28-18-11-16(25(31,26(32,33)34)27(35,36)37)12-19(29)22(18)38-23(40)17-7-4-8-20(21(17)30)39(13-14-9-10-14)24(41)15-5-2-1-3-6-15/h1-8,11-12,14H,9-10,13H2,(H,38,40). The van der Waals surface area contributed by atoms with Crippen molar-refractivity contribution in [3.8, 4) is 0 Å². The molecule has 0 saturated heterocycles. The zero-order valence-corrected chi connectivity index (χ0v) is 23.7. The van der Waals surface area contributed by atoms with E-state index in [0.29, 0.717) is 0 Å². The molecule has 14 heteroatoms. The summed E-state index contributed by atoms with van der Waals surface area (Å²) in [7, 11) is 0. The highest BCUT2D eigenvalue weighted by molar-refractivity contribution is 9.11. The highest BCUT2D eigenvalue weighted by atomic mass is 79.9. The van der Waals surface area contributed by atoms with Crippen LogP contribution in [-0.4, -0.2) is 30.7 Å². The Morgan fingerprint density at radius 1 is 0.854 bits per heavy atom. The molecule has 1 fully saturated rings. The SMILES string of the molecule is O=C(Nc1c(Br)cc(C(F)(C(F)(F)F)C(F)(F)F)cc1Br)c1cccc(N(CC2CC2)C(=O)c2ccccc2)c1F. The minimum absolute atomic E-state index is 0.140. The number of halogens is 10. The number of benzene rings is 3. The highest BCUT2D eigenvalue weighted by Crippen LogP contribution is 2.54. The average molecular weight is 714 g/mol. The first-order chi connectivity index (χ1) is 19.1. The van der Waals surface area contributed by atoms with Crippen molar-refractivity contribution in [3.05, 3.63) is 92.1 Å². The van der Waals surface area contributed by atoms with Gasteiger partial charge in [-0.1, -0.05) is 24.3 Å². The van der Waals surface area contributed by atoms with Gasteiger partial charge < -0.3 is 10.2 Å². The first kappa shape index (κ1) is 30.9. The molecular formula is C27H18Br2F8N2O2. The van der Waals surface area contributed by atoms with E-state index in [-0.39, 0.29) is 41.5 Å². The summed E-state index contributed by atoms with van der Waals surface area (Å²) in [6.07, 6.45) is -11.0. The van der Waals surface area contributed by atoms with Crippen LogP contribution in [0.5, 0.6) is 0 Å². The van der Waals surface area contributed by atoms with E-state index < -0.39 is 55.7 Å². The molecule has 218 valence electrons. The van der Waals surface area contributed by atoms with Crippen LogP contribution in [0.4, 0.5) is 46.5 Å². The molecule has 2 amide bonds. The summed E-state index contributed by atoms with van der Waals surface area (Å²) in [5, 5.41) is 2.21. The monoisotopic (exact) mass is 712 g/mol. The second-order valence-corrected chi connectivity index (χ2v) is 11.0. The van der Waals surface area contributed by atoms with Crippen LogP contribution in [0.1, 0.15) is 39.1 Å². The molecule has 1 N–H and O–H groups in total. The van der Waals surface area contributed by atoms with Crippen LogP contribution in [-0.2, 0) is 5.67 Å². The number of nitrogens with zero attached hydrogens (tertiary/aromatic N) is 1. The minimum atomic E-state index is -6.35. The molecule has 0 spiro atoms. The first-order valence-electron chi connectivity index (χ1n) is 11.8. The number of carbonyl (C=O) groups excluding carboxylic acids is 2. The molecule has 1 saturated carbocycles. The van der Waals surface area contributed by atoms with Gasteiger partial charge in [-0.15, -0.1) is 0 Å². The van der Waals surface area contributed by atoms with Crippen LogP contribution < -0.4 is 10.2 Å². The molecule has 3 aromatic rings. The van der Waals surface area contributed by atoms with Crippen LogP contribution in [0, 0.1) is 11.7 Å². The number of amides is 2. The van der Waals surface area contributed by atoms with E-state index in [0.717, 1.165) is 18.9 Å². The van der Waals surface area contributed by atoms with Crippen LogP contribution in [0.25, 0.3) is 0 Å². The number of hydrogen-bond donors (Lipinski definition) is 1. The van der Waals surface area contributed by atoms with E-state index in [1.807, 2.05) is 0 Å². The zero-order chi connectivity index (χ0) is 30.3. The van der Waals surface area contributed by atoms with E-state index >= 15 is 4.39 Å². The Hall–Kier alpha value is -3.00. The average Bonchev–Trinajstić information content (AvgIpc) is 3.72. The Morgan fingerprint density at radius 2 is 1.41 bits per heavy atom. The summed E-state index contributed by atoms with van der Waals surface area (Å²) >= 11 is 5.53. The van der Waals surface area contributed by atoms with Crippen molar-refractivity contribution in [2.75, 3.05) is 16.8 Å². The van der Waals surface area contributed by atoms with Gasteiger partial charge in [0.05, 0.1) is 16.9 Å². The Kier molecular flexibility index (Phi) is 8.57. The van der Waals surface area contributed by atoms with E-state index in [1.165, 1.54) is 17.0 Å². The lowest BCUT2D eigenvalue weighted by atomic mass is 9.94. The molecule has 41 heavy (non-hydrogen) atoms. The maximum absolute atomic E-state index is 15.7. The normalized spacial score (nSPS) is 14.1. The van der Waals surface area contributed by atoms with Gasteiger partial charge in [0, 0.05) is 26.6 Å². The molecule has 1 aliphatic rings. The Morgan fingerprint density at radius 3 is 1.93 bits per heavy atom. The van der Waals surface area contributed by atoms with Crippen molar-refractivity contribution < 1.29 is 44.7 Å². The van der Waals surface area contributed by atoms with Crippen LogP contribution >= 0.6 is 31.9 Å². The summed E-state index contributed by atoms with van der Waals surface area (Å²) in [5.74, 6) is -2.56. The molecule has 4 nitrogen and oxygen atoms in total. The number of hydrogen-bond acceptors (Lipinski definition) is 2. The zero-order valence-electron chi connectivity index (χ0n) is 20.5. The number of nitrogens with one attached hydrogen (secondary N) is 1. The molecule has 0 atom stereocenters. The van der Waals surface area contributed by atoms with Gasteiger partial charge in [-0.3, -0.25) is 9.59 Å². The van der Waals surface area contributed by atoms with Gasteiger partial charge in [0.1, 0.15) is 0 Å². The molecule has 4 rings (SSSR count). The van der Waals surface area contributed by atoms with Gasteiger partial charge in [-0.05, 0) is 87.0 Å². The smallest absolute Gasteiger partial charge is 0.320 e. The molecule has 0 aromatic heterocycles. The second-order valence-electron chi connectivity index (χ2n) is 9.29. The third-order valence-electron chi connectivity index (χ3n) is 6.38. The number of carbonyl (C=O) groups is 2. The lowest BCUT2D eigenvalue weighted by Gasteiger charge is -2.31. The van der Waals surface area contributed by atoms with Gasteiger partial charge in [0.2, 0.25) is 0 Å². The topological polar surface area (TPSA) is 49.4 Å². The maximum atomic E-state index is 15.7. The fourth-order valence-corrected chi connectivity index (χ4v) is 5.43. The summed E-state index contributed by atoms with van der Waals surface area (Å²) in [4.78, 5) is 27.5. The summed E-state index contributed by atoms with van der Waals surface area (Å²) < 4.78 is 108. The molecule has 0 aliphatic heterocycles. The fraction of sp³-hybridized carbons (Fsp3) is 0.259. The van der Waals surface area contributed by atoms with Gasteiger partial charge in [0.25, 0.3) is 11.8 Å². The number of alkyl halides is 7. The maximum Gasteiger partial charge on any atom is 0.435 e. The third-order valence-corrected chi connectivity index (χ3v) is 7.63. The van der Waals surface area contributed by atoms with E-state index in [4.69, 9.17) is 0 Å². The lowest BCUT2D eigenvalue weighted by molar-refractivity contribution is -0.348. The molecule has 0 heterocycles. The summed E-state index contributed by atoms with van der Waals surface area (Å²) in [6, 6.07) is 12.3. The fourth-order valence-electron chi connectivity index (χ4n) is 4.05. The molecule has 0 radical (unpaired) electrons. The Bertz CT molecular complexity index is 1440. The van der Waals surface area contributed by atoms with Crippen molar-refractivity contribution in [1.29, 1.82) is 0 Å². The lowest BCUT2D eigenvalue weighted by Crippen LogP contribution is -2.50. The van der Waals surface area contributed by atoms with Crippen molar-refractivity contribution in [1.82, 2.24) is 0 Å². The molecule has 0 unspecified atom stereocenters. The van der Waals surface area contributed by atoms with Crippen LogP contribution in [0.2, 0.25) is 0 Å². The second kappa shape index (κ2) is 11.3. The molecule has 1 aliphatic carbocycles. The van der Waals surface area contributed by atoms with Gasteiger partial charge in [-0.25, -0.2) is 8.78 Å². The molecule has 3 aromatic carbocycles. The largest absolute Gasteiger partial charge is 0.435 e. The van der Waals surface area contributed by atoms with Crippen LogP contribution in [0.15, 0.2) is 69.6 Å². The van der Waals surface area contributed by atoms with Crippen molar-refractivity contribution in [2.45, 2.75) is 30.9 Å². The van der Waals surface area contributed by atoms with Gasteiger partial charge >= 0.3 is 18.0 Å². The minimum Gasteiger partial charge on any atom is -0.320 e. The van der Waals surface area contributed by atoms with E-state index in [9.17, 15) is 40.3 Å². The first-order valence-corrected chi connectivity index (χ1v) is 13.4.